The van der Waals surface area contributed by atoms with Gasteiger partial charge in [-0.2, -0.15) is 4.98 Å². The first-order valence-corrected chi connectivity index (χ1v) is 6.50. The van der Waals surface area contributed by atoms with Gasteiger partial charge < -0.3 is 14.7 Å². The number of likely N-dealkylation sites (N-methyl/N-ethyl adjacent to an activating group) is 1. The van der Waals surface area contributed by atoms with Crippen LogP contribution in [0, 0.1) is 5.92 Å². The van der Waals surface area contributed by atoms with Crippen LogP contribution in [0.2, 0.25) is 0 Å². The van der Waals surface area contributed by atoms with Crippen molar-refractivity contribution in [2.45, 2.75) is 26.2 Å². The summed E-state index contributed by atoms with van der Waals surface area (Å²) in [5, 5.41) is 7.08. The molecule has 1 N–H and O–H groups in total. The summed E-state index contributed by atoms with van der Waals surface area (Å²) in [6, 6.07) is 0. The van der Waals surface area contributed by atoms with Gasteiger partial charge in [0.25, 0.3) is 0 Å². The van der Waals surface area contributed by atoms with Gasteiger partial charge in [-0.05, 0) is 32.5 Å². The molecule has 96 valence electrons. The minimum Gasteiger partial charge on any atom is -0.339 e. The van der Waals surface area contributed by atoms with E-state index in [1.807, 2.05) is 7.05 Å². The summed E-state index contributed by atoms with van der Waals surface area (Å²) in [6.07, 6.45) is 3.02. The molecule has 1 aliphatic rings. The lowest BCUT2D eigenvalue weighted by Gasteiger charge is -2.11. The average molecular weight is 238 g/mol. The van der Waals surface area contributed by atoms with Gasteiger partial charge >= 0.3 is 0 Å². The van der Waals surface area contributed by atoms with Crippen molar-refractivity contribution in [2.75, 3.05) is 33.2 Å². The van der Waals surface area contributed by atoms with Crippen molar-refractivity contribution >= 4 is 0 Å². The number of hydrogen-bond donors (Lipinski definition) is 1. The van der Waals surface area contributed by atoms with Crippen molar-refractivity contribution in [3.63, 3.8) is 0 Å². The Kier molecular flexibility index (Phi) is 4.50. The van der Waals surface area contributed by atoms with Gasteiger partial charge in [0.1, 0.15) is 0 Å². The molecule has 1 fully saturated rings. The van der Waals surface area contributed by atoms with Crippen LogP contribution in [0.4, 0.5) is 0 Å². The van der Waals surface area contributed by atoms with Crippen LogP contribution in [0.25, 0.3) is 0 Å². The number of hydrogen-bond acceptors (Lipinski definition) is 5. The Bertz CT molecular complexity index is 339. The molecule has 0 saturated carbocycles. The smallest absolute Gasteiger partial charge is 0.226 e. The van der Waals surface area contributed by atoms with E-state index < -0.39 is 0 Å². The maximum Gasteiger partial charge on any atom is 0.226 e. The zero-order chi connectivity index (χ0) is 12.1. The average Bonchev–Trinajstić information content (AvgIpc) is 2.96. The van der Waals surface area contributed by atoms with Gasteiger partial charge in [-0.15, -0.1) is 0 Å². The van der Waals surface area contributed by atoms with Crippen molar-refractivity contribution < 1.29 is 4.52 Å². The number of rotatable bonds is 6. The highest BCUT2D eigenvalue weighted by molar-refractivity contribution is 4.90. The van der Waals surface area contributed by atoms with Gasteiger partial charge in [0.15, 0.2) is 5.82 Å². The highest BCUT2D eigenvalue weighted by Gasteiger charge is 2.23. The van der Waals surface area contributed by atoms with Crippen molar-refractivity contribution in [1.29, 1.82) is 0 Å². The summed E-state index contributed by atoms with van der Waals surface area (Å²) in [7, 11) is 1.93. The number of nitrogens with one attached hydrogen (secondary N) is 1. The van der Waals surface area contributed by atoms with Crippen LogP contribution >= 0.6 is 0 Å². The lowest BCUT2D eigenvalue weighted by atomic mass is 10.1. The molecule has 0 aliphatic carbocycles. The van der Waals surface area contributed by atoms with E-state index in [0.717, 1.165) is 37.6 Å². The van der Waals surface area contributed by atoms with E-state index in [1.165, 1.54) is 19.5 Å². The third-order valence-corrected chi connectivity index (χ3v) is 3.39. The number of likely N-dealkylation sites (tertiary alicyclic amines) is 1. The molecule has 1 aromatic rings. The maximum absolute atomic E-state index is 5.29. The molecule has 0 amide bonds. The molecule has 17 heavy (non-hydrogen) atoms. The monoisotopic (exact) mass is 238 g/mol. The molecule has 1 saturated heterocycles. The normalized spacial score (nSPS) is 21.2. The van der Waals surface area contributed by atoms with Gasteiger partial charge in [-0.25, -0.2) is 0 Å². The van der Waals surface area contributed by atoms with Crippen LogP contribution in [0.1, 0.15) is 25.1 Å². The third-order valence-electron chi connectivity index (χ3n) is 3.39. The Hall–Kier alpha value is -0.940. The lowest BCUT2D eigenvalue weighted by molar-refractivity contribution is 0.322. The summed E-state index contributed by atoms with van der Waals surface area (Å²) in [4.78, 5) is 6.90. The molecule has 0 bridgehead atoms. The van der Waals surface area contributed by atoms with Crippen LogP contribution < -0.4 is 5.32 Å². The standard InChI is InChI=1S/C12H22N4O/c1-3-16-7-5-10(9-16)8-12-14-11(15-17-12)4-6-13-2/h10,13H,3-9H2,1-2H3. The molecule has 1 atom stereocenters. The molecular formula is C12H22N4O. The fourth-order valence-electron chi connectivity index (χ4n) is 2.33. The van der Waals surface area contributed by atoms with Crippen LogP contribution in [-0.4, -0.2) is 48.3 Å². The molecule has 1 aliphatic heterocycles. The quantitative estimate of drug-likeness (QED) is 0.791. The van der Waals surface area contributed by atoms with Crippen LogP contribution in [-0.2, 0) is 12.8 Å². The first-order valence-electron chi connectivity index (χ1n) is 6.50. The van der Waals surface area contributed by atoms with E-state index in [-0.39, 0.29) is 0 Å². The van der Waals surface area contributed by atoms with Crippen molar-refractivity contribution in [3.05, 3.63) is 11.7 Å². The van der Waals surface area contributed by atoms with E-state index in [1.54, 1.807) is 0 Å². The Balaban J connectivity index is 1.80. The molecule has 2 rings (SSSR count). The molecule has 1 aromatic heterocycles. The Morgan fingerprint density at radius 1 is 1.53 bits per heavy atom. The first kappa shape index (κ1) is 12.5. The van der Waals surface area contributed by atoms with Gasteiger partial charge in [-0.3, -0.25) is 0 Å². The summed E-state index contributed by atoms with van der Waals surface area (Å²) >= 11 is 0. The maximum atomic E-state index is 5.29. The van der Waals surface area contributed by atoms with Crippen LogP contribution in [0.15, 0.2) is 4.52 Å². The van der Waals surface area contributed by atoms with Crippen molar-refractivity contribution in [2.24, 2.45) is 5.92 Å². The Morgan fingerprint density at radius 2 is 2.41 bits per heavy atom. The second-order valence-corrected chi connectivity index (χ2v) is 4.71. The topological polar surface area (TPSA) is 54.2 Å². The number of aromatic nitrogens is 2. The molecule has 0 aromatic carbocycles. The van der Waals surface area contributed by atoms with Gasteiger partial charge in [0.2, 0.25) is 5.89 Å². The lowest BCUT2D eigenvalue weighted by Crippen LogP contribution is -2.20. The highest BCUT2D eigenvalue weighted by atomic mass is 16.5. The summed E-state index contributed by atoms with van der Waals surface area (Å²) < 4.78 is 5.29. The minimum absolute atomic E-state index is 0.688. The predicted molar refractivity (Wildman–Crippen MR) is 65.9 cm³/mol. The van der Waals surface area contributed by atoms with E-state index >= 15 is 0 Å². The number of nitrogens with zero attached hydrogens (tertiary/aromatic N) is 3. The van der Waals surface area contributed by atoms with Gasteiger partial charge in [-0.1, -0.05) is 12.1 Å². The van der Waals surface area contributed by atoms with Crippen molar-refractivity contribution in [1.82, 2.24) is 20.4 Å². The Labute approximate surface area is 103 Å². The zero-order valence-corrected chi connectivity index (χ0v) is 10.8. The van der Waals surface area contributed by atoms with Gasteiger partial charge in [0.05, 0.1) is 0 Å². The third kappa shape index (κ3) is 3.51. The largest absolute Gasteiger partial charge is 0.339 e. The second-order valence-electron chi connectivity index (χ2n) is 4.71. The second kappa shape index (κ2) is 6.12. The molecule has 5 heteroatoms. The Morgan fingerprint density at radius 3 is 3.12 bits per heavy atom. The molecule has 2 heterocycles. The van der Waals surface area contributed by atoms with E-state index in [9.17, 15) is 0 Å². The molecule has 1 unspecified atom stereocenters. The van der Waals surface area contributed by atoms with Crippen LogP contribution in [0.3, 0.4) is 0 Å². The summed E-state index contributed by atoms with van der Waals surface area (Å²) in [5.41, 5.74) is 0. The van der Waals surface area contributed by atoms with E-state index in [0.29, 0.717) is 5.92 Å². The first-order chi connectivity index (χ1) is 8.31. The van der Waals surface area contributed by atoms with E-state index in [2.05, 4.69) is 27.3 Å². The zero-order valence-electron chi connectivity index (χ0n) is 10.8. The highest BCUT2D eigenvalue weighted by Crippen LogP contribution is 2.19. The van der Waals surface area contributed by atoms with Crippen molar-refractivity contribution in [3.8, 4) is 0 Å². The molecular weight excluding hydrogens is 216 g/mol. The predicted octanol–water partition coefficient (Wildman–Crippen LogP) is 0.716. The SMILES string of the molecule is CCN1CCC(Cc2nc(CCNC)no2)C1. The fraction of sp³-hybridized carbons (Fsp3) is 0.833. The molecule has 0 spiro atoms. The molecule has 5 nitrogen and oxygen atoms in total. The molecule has 0 radical (unpaired) electrons. The van der Waals surface area contributed by atoms with E-state index in [4.69, 9.17) is 4.52 Å². The van der Waals surface area contributed by atoms with Crippen LogP contribution in [0.5, 0.6) is 0 Å². The summed E-state index contributed by atoms with van der Waals surface area (Å²) in [5.74, 6) is 2.31. The van der Waals surface area contributed by atoms with Gasteiger partial charge in [0, 0.05) is 25.9 Å². The fourth-order valence-corrected chi connectivity index (χ4v) is 2.33. The minimum atomic E-state index is 0.688. The summed E-state index contributed by atoms with van der Waals surface area (Å²) in [6.45, 7) is 6.64.